The van der Waals surface area contributed by atoms with Crippen LogP contribution in [0.4, 0.5) is 5.95 Å². The molecule has 5 heteroatoms. The van der Waals surface area contributed by atoms with Crippen LogP contribution >= 0.6 is 0 Å². The second-order valence-electron chi connectivity index (χ2n) is 5.48. The molecule has 0 amide bonds. The summed E-state index contributed by atoms with van der Waals surface area (Å²) in [5.41, 5.74) is 6.74. The SMILES string of the molecule is Cc1ccnc(N2CCCN(CC(C)CN)CC2)n1. The van der Waals surface area contributed by atoms with Gasteiger partial charge < -0.3 is 15.5 Å². The van der Waals surface area contributed by atoms with Crippen molar-refractivity contribution in [2.45, 2.75) is 20.3 Å². The summed E-state index contributed by atoms with van der Waals surface area (Å²) in [6, 6.07) is 1.94. The van der Waals surface area contributed by atoms with E-state index >= 15 is 0 Å². The fraction of sp³-hybridized carbons (Fsp3) is 0.714. The van der Waals surface area contributed by atoms with Crippen molar-refractivity contribution in [3.8, 4) is 0 Å². The number of hydrogen-bond donors (Lipinski definition) is 1. The smallest absolute Gasteiger partial charge is 0.225 e. The summed E-state index contributed by atoms with van der Waals surface area (Å²) in [5, 5.41) is 0. The minimum atomic E-state index is 0.571. The van der Waals surface area contributed by atoms with Crippen LogP contribution in [0.1, 0.15) is 19.0 Å². The monoisotopic (exact) mass is 263 g/mol. The van der Waals surface area contributed by atoms with Crippen molar-refractivity contribution in [1.82, 2.24) is 14.9 Å². The number of anilines is 1. The normalized spacial score (nSPS) is 19.2. The number of nitrogens with two attached hydrogens (primary N) is 1. The van der Waals surface area contributed by atoms with Gasteiger partial charge in [0, 0.05) is 38.1 Å². The number of aromatic nitrogens is 2. The molecule has 1 aliphatic heterocycles. The molecule has 19 heavy (non-hydrogen) atoms. The van der Waals surface area contributed by atoms with Crippen molar-refractivity contribution < 1.29 is 0 Å². The molecule has 0 bridgehead atoms. The standard InChI is InChI=1S/C14H25N5/c1-12(10-15)11-18-6-3-7-19(9-8-18)14-16-5-4-13(2)17-14/h4-5,12H,3,6-11,15H2,1-2H3. The van der Waals surface area contributed by atoms with E-state index in [2.05, 4.69) is 26.7 Å². The van der Waals surface area contributed by atoms with Gasteiger partial charge in [0.05, 0.1) is 0 Å². The van der Waals surface area contributed by atoms with Crippen LogP contribution in [0.3, 0.4) is 0 Å². The lowest BCUT2D eigenvalue weighted by atomic mass is 10.1. The number of rotatable bonds is 4. The summed E-state index contributed by atoms with van der Waals surface area (Å²) in [5.74, 6) is 1.44. The predicted molar refractivity (Wildman–Crippen MR) is 78.3 cm³/mol. The first kappa shape index (κ1) is 14.2. The quantitative estimate of drug-likeness (QED) is 0.874. The third kappa shape index (κ3) is 4.14. The van der Waals surface area contributed by atoms with E-state index in [9.17, 15) is 0 Å². The van der Waals surface area contributed by atoms with E-state index in [4.69, 9.17) is 5.73 Å². The molecule has 1 unspecified atom stereocenters. The van der Waals surface area contributed by atoms with E-state index in [0.29, 0.717) is 5.92 Å². The Balaban J connectivity index is 1.93. The Kier molecular flexibility index (Phi) is 5.10. The molecule has 0 radical (unpaired) electrons. The molecule has 0 aromatic carbocycles. The Hall–Kier alpha value is -1.20. The minimum absolute atomic E-state index is 0.571. The van der Waals surface area contributed by atoms with Crippen LogP contribution in [-0.4, -0.2) is 54.1 Å². The predicted octanol–water partition coefficient (Wildman–Crippen LogP) is 0.892. The molecule has 0 saturated carbocycles. The van der Waals surface area contributed by atoms with Crippen molar-refractivity contribution >= 4 is 5.95 Å². The molecule has 1 aromatic rings. The molecule has 1 saturated heterocycles. The summed E-state index contributed by atoms with van der Waals surface area (Å²) >= 11 is 0. The summed E-state index contributed by atoms with van der Waals surface area (Å²) in [6.45, 7) is 10.3. The second-order valence-corrected chi connectivity index (χ2v) is 5.48. The van der Waals surface area contributed by atoms with Gasteiger partial charge in [0.15, 0.2) is 0 Å². The number of hydrogen-bond acceptors (Lipinski definition) is 5. The first-order valence-electron chi connectivity index (χ1n) is 7.16. The number of aryl methyl sites for hydroxylation is 1. The maximum atomic E-state index is 5.71. The summed E-state index contributed by atoms with van der Waals surface area (Å²) in [7, 11) is 0. The highest BCUT2D eigenvalue weighted by Gasteiger charge is 2.17. The highest BCUT2D eigenvalue weighted by Crippen LogP contribution is 2.12. The van der Waals surface area contributed by atoms with Crippen molar-refractivity contribution in [3.63, 3.8) is 0 Å². The maximum absolute atomic E-state index is 5.71. The van der Waals surface area contributed by atoms with Gasteiger partial charge in [0.2, 0.25) is 5.95 Å². The third-order valence-electron chi connectivity index (χ3n) is 3.63. The van der Waals surface area contributed by atoms with E-state index in [-0.39, 0.29) is 0 Å². The molecule has 2 rings (SSSR count). The van der Waals surface area contributed by atoms with Gasteiger partial charge in [-0.05, 0) is 38.4 Å². The maximum Gasteiger partial charge on any atom is 0.225 e. The van der Waals surface area contributed by atoms with Crippen LogP contribution in [0.5, 0.6) is 0 Å². The molecule has 1 aromatic heterocycles. The molecular formula is C14H25N5. The lowest BCUT2D eigenvalue weighted by Crippen LogP contribution is -2.35. The van der Waals surface area contributed by atoms with Crippen molar-refractivity contribution in [1.29, 1.82) is 0 Å². The van der Waals surface area contributed by atoms with Crippen LogP contribution in [0.25, 0.3) is 0 Å². The largest absolute Gasteiger partial charge is 0.339 e. The molecule has 2 heterocycles. The molecule has 2 N–H and O–H groups in total. The van der Waals surface area contributed by atoms with Crippen LogP contribution < -0.4 is 10.6 Å². The van der Waals surface area contributed by atoms with Crippen LogP contribution in [-0.2, 0) is 0 Å². The van der Waals surface area contributed by atoms with Crippen molar-refractivity contribution in [3.05, 3.63) is 18.0 Å². The van der Waals surface area contributed by atoms with E-state index in [1.54, 1.807) is 0 Å². The van der Waals surface area contributed by atoms with E-state index in [0.717, 1.165) is 57.3 Å². The van der Waals surface area contributed by atoms with Crippen molar-refractivity contribution in [2.75, 3.05) is 44.2 Å². The van der Waals surface area contributed by atoms with Gasteiger partial charge in [-0.2, -0.15) is 0 Å². The van der Waals surface area contributed by atoms with Gasteiger partial charge in [0.1, 0.15) is 0 Å². The molecule has 0 aliphatic carbocycles. The molecule has 1 fully saturated rings. The first-order chi connectivity index (χ1) is 9.19. The highest BCUT2D eigenvalue weighted by atomic mass is 15.3. The van der Waals surface area contributed by atoms with E-state index in [1.165, 1.54) is 0 Å². The van der Waals surface area contributed by atoms with Gasteiger partial charge in [-0.25, -0.2) is 9.97 Å². The van der Waals surface area contributed by atoms with Gasteiger partial charge in [-0.1, -0.05) is 6.92 Å². The topological polar surface area (TPSA) is 58.3 Å². The van der Waals surface area contributed by atoms with Gasteiger partial charge in [-0.15, -0.1) is 0 Å². The lowest BCUT2D eigenvalue weighted by Gasteiger charge is -2.24. The van der Waals surface area contributed by atoms with Crippen LogP contribution in [0.15, 0.2) is 12.3 Å². The minimum Gasteiger partial charge on any atom is -0.339 e. The Morgan fingerprint density at radius 1 is 1.32 bits per heavy atom. The Bertz CT molecular complexity index is 395. The highest BCUT2D eigenvalue weighted by molar-refractivity contribution is 5.30. The second kappa shape index (κ2) is 6.82. The van der Waals surface area contributed by atoms with Crippen LogP contribution in [0.2, 0.25) is 0 Å². The third-order valence-corrected chi connectivity index (χ3v) is 3.63. The Labute approximate surface area is 115 Å². The van der Waals surface area contributed by atoms with Gasteiger partial charge in [0.25, 0.3) is 0 Å². The average Bonchev–Trinajstić information content (AvgIpc) is 2.64. The number of nitrogens with zero attached hydrogens (tertiary/aromatic N) is 4. The van der Waals surface area contributed by atoms with Gasteiger partial charge >= 0.3 is 0 Å². The molecule has 5 nitrogen and oxygen atoms in total. The fourth-order valence-corrected chi connectivity index (χ4v) is 2.46. The molecule has 0 spiro atoms. The molecule has 1 aliphatic rings. The zero-order valence-electron chi connectivity index (χ0n) is 12.0. The molecular weight excluding hydrogens is 238 g/mol. The van der Waals surface area contributed by atoms with E-state index in [1.807, 2.05) is 19.2 Å². The summed E-state index contributed by atoms with van der Waals surface area (Å²) < 4.78 is 0. The summed E-state index contributed by atoms with van der Waals surface area (Å²) in [4.78, 5) is 13.7. The van der Waals surface area contributed by atoms with Gasteiger partial charge in [-0.3, -0.25) is 0 Å². The lowest BCUT2D eigenvalue weighted by molar-refractivity contribution is 0.255. The summed E-state index contributed by atoms with van der Waals surface area (Å²) in [6.07, 6.45) is 3.01. The average molecular weight is 263 g/mol. The molecule has 106 valence electrons. The van der Waals surface area contributed by atoms with E-state index < -0.39 is 0 Å². The van der Waals surface area contributed by atoms with Crippen LogP contribution in [0, 0.1) is 12.8 Å². The first-order valence-corrected chi connectivity index (χ1v) is 7.16. The fourth-order valence-electron chi connectivity index (χ4n) is 2.46. The Morgan fingerprint density at radius 2 is 2.16 bits per heavy atom. The zero-order chi connectivity index (χ0) is 13.7. The Morgan fingerprint density at radius 3 is 2.89 bits per heavy atom. The van der Waals surface area contributed by atoms with Crippen molar-refractivity contribution in [2.24, 2.45) is 11.7 Å². The molecule has 1 atom stereocenters. The zero-order valence-corrected chi connectivity index (χ0v) is 12.0.